The van der Waals surface area contributed by atoms with Crippen LogP contribution < -0.4 is 5.59 Å². The molecule has 3 rings (SSSR count). The van der Waals surface area contributed by atoms with Crippen molar-refractivity contribution < 1.29 is 14.1 Å². The molecule has 22 heavy (non-hydrogen) atoms. The fourth-order valence-electron chi connectivity index (χ4n) is 2.48. The topological polar surface area (TPSA) is 53.4 Å². The molecule has 1 fully saturated rings. The minimum Gasteiger partial charge on any atom is -0.398 e. The molecule has 0 spiro atoms. The summed E-state index contributed by atoms with van der Waals surface area (Å²) in [5.74, 6) is -0.143. The maximum atomic E-state index is 11.8. The molecule has 1 aromatic carbocycles. The predicted molar refractivity (Wildman–Crippen MR) is 89.4 cm³/mol. The Balaban J connectivity index is 2.16. The van der Waals surface area contributed by atoms with Gasteiger partial charge in [-0.2, -0.15) is 5.10 Å². The van der Waals surface area contributed by atoms with Gasteiger partial charge in [0.2, 0.25) is 5.91 Å². The van der Waals surface area contributed by atoms with Gasteiger partial charge in [0.25, 0.3) is 0 Å². The quantitative estimate of drug-likeness (QED) is 0.730. The van der Waals surface area contributed by atoms with Crippen molar-refractivity contribution in [3.05, 3.63) is 22.7 Å². The lowest BCUT2D eigenvalue weighted by atomic mass is 9.82. The number of carbonyl (C=O) groups is 1. The zero-order chi connectivity index (χ0) is 16.3. The third-order valence-corrected chi connectivity index (χ3v) is 4.94. The molecule has 5 nitrogen and oxygen atoms in total. The molecule has 0 aliphatic carbocycles. The van der Waals surface area contributed by atoms with Gasteiger partial charge in [-0.15, -0.1) is 0 Å². The average Bonchev–Trinajstić information content (AvgIpc) is 2.84. The van der Waals surface area contributed by atoms with Gasteiger partial charge < -0.3 is 9.31 Å². The van der Waals surface area contributed by atoms with Crippen LogP contribution in [0.1, 0.15) is 39.4 Å². The van der Waals surface area contributed by atoms with Crippen LogP contribution in [0, 0.1) is 0 Å². The Labute approximate surface area is 138 Å². The number of hydrogen-bond donors (Lipinski definition) is 0. The van der Waals surface area contributed by atoms with Crippen molar-refractivity contribution >= 4 is 45.5 Å². The van der Waals surface area contributed by atoms with Crippen molar-refractivity contribution in [1.29, 1.82) is 0 Å². The molecule has 0 amide bonds. The fourth-order valence-corrected chi connectivity index (χ4v) is 2.84. The number of halogens is 1. The second-order valence-corrected chi connectivity index (χ2v) is 7.48. The molecule has 0 radical (unpaired) electrons. The number of aromatic nitrogens is 2. The van der Waals surface area contributed by atoms with Gasteiger partial charge in [0, 0.05) is 16.8 Å². The lowest BCUT2D eigenvalue weighted by molar-refractivity contribution is 0.00578. The first-order chi connectivity index (χ1) is 10.1. The van der Waals surface area contributed by atoms with Crippen molar-refractivity contribution in [1.82, 2.24) is 9.78 Å². The summed E-state index contributed by atoms with van der Waals surface area (Å²) < 4.78 is 14.4. The first kappa shape index (κ1) is 15.7. The van der Waals surface area contributed by atoms with Gasteiger partial charge in [0.05, 0.1) is 16.7 Å². The number of hydrogen-bond acceptors (Lipinski definition) is 4. The number of carbonyl (C=O) groups excluding carboxylic acids is 1. The molecule has 0 unspecified atom stereocenters. The molecule has 0 N–H and O–H groups in total. The molecular weight excluding hydrogens is 347 g/mol. The first-order valence-corrected chi connectivity index (χ1v) is 7.96. The highest BCUT2D eigenvalue weighted by atomic mass is 79.9. The summed E-state index contributed by atoms with van der Waals surface area (Å²) in [6.45, 7) is 9.46. The Morgan fingerprint density at radius 3 is 2.36 bits per heavy atom. The Morgan fingerprint density at radius 2 is 1.82 bits per heavy atom. The van der Waals surface area contributed by atoms with E-state index in [9.17, 15) is 4.79 Å². The van der Waals surface area contributed by atoms with E-state index in [0.29, 0.717) is 5.59 Å². The van der Waals surface area contributed by atoms with Crippen molar-refractivity contribution in [3.63, 3.8) is 0 Å². The van der Waals surface area contributed by atoms with E-state index in [0.717, 1.165) is 15.4 Å². The van der Waals surface area contributed by atoms with Crippen molar-refractivity contribution in [3.8, 4) is 0 Å². The average molecular weight is 365 g/mol. The summed E-state index contributed by atoms with van der Waals surface area (Å²) in [4.78, 5) is 11.8. The molecular formula is C15H18BBrN2O3. The summed E-state index contributed by atoms with van der Waals surface area (Å²) in [7, 11) is -0.595. The van der Waals surface area contributed by atoms with E-state index in [1.807, 2.05) is 45.9 Å². The first-order valence-electron chi connectivity index (χ1n) is 7.17. The summed E-state index contributed by atoms with van der Waals surface area (Å²) in [6, 6.07) is 5.68. The Bertz CT molecular complexity index is 753. The van der Waals surface area contributed by atoms with Crippen LogP contribution in [0.3, 0.4) is 0 Å². The van der Waals surface area contributed by atoms with Gasteiger partial charge >= 0.3 is 7.12 Å². The van der Waals surface area contributed by atoms with Gasteiger partial charge in [0.1, 0.15) is 5.59 Å². The molecule has 0 saturated carbocycles. The highest BCUT2D eigenvalue weighted by molar-refractivity contribution is 9.10. The molecule has 0 bridgehead atoms. The zero-order valence-electron chi connectivity index (χ0n) is 13.3. The fraction of sp³-hybridized carbons (Fsp3) is 0.467. The number of nitrogens with zero attached hydrogens (tertiary/aromatic N) is 2. The third-order valence-electron chi connectivity index (χ3n) is 4.45. The SMILES string of the molecule is CC(=O)n1nc(B2OC(C)(C)C(C)(C)O2)c2cc(Br)ccc21. The smallest absolute Gasteiger partial charge is 0.398 e. The highest BCUT2D eigenvalue weighted by Gasteiger charge is 2.53. The van der Waals surface area contributed by atoms with Crippen LogP contribution >= 0.6 is 15.9 Å². The third kappa shape index (κ3) is 2.32. The lowest BCUT2D eigenvalue weighted by Gasteiger charge is -2.32. The molecule has 1 aliphatic rings. The molecule has 1 aromatic heterocycles. The van der Waals surface area contributed by atoms with Crippen molar-refractivity contribution in [2.75, 3.05) is 0 Å². The van der Waals surface area contributed by atoms with Gasteiger partial charge in [-0.05, 0) is 45.9 Å². The Hall–Kier alpha value is -1.18. The van der Waals surface area contributed by atoms with Crippen LogP contribution in [0.15, 0.2) is 22.7 Å². The Kier molecular flexibility index (Phi) is 3.51. The maximum Gasteiger partial charge on any atom is 0.517 e. The Morgan fingerprint density at radius 1 is 1.23 bits per heavy atom. The number of fused-ring (bicyclic) bond motifs is 1. The molecule has 2 aromatic rings. The van der Waals surface area contributed by atoms with E-state index in [2.05, 4.69) is 21.0 Å². The molecule has 116 valence electrons. The van der Waals surface area contributed by atoms with E-state index in [1.165, 1.54) is 11.6 Å². The minimum absolute atomic E-state index is 0.143. The van der Waals surface area contributed by atoms with Crippen LogP contribution in [0.25, 0.3) is 10.9 Å². The number of rotatable bonds is 1. The van der Waals surface area contributed by atoms with Gasteiger partial charge in [-0.1, -0.05) is 15.9 Å². The monoisotopic (exact) mass is 364 g/mol. The van der Waals surface area contributed by atoms with Gasteiger partial charge in [-0.25, -0.2) is 4.68 Å². The summed E-state index contributed by atoms with van der Waals surface area (Å²) in [5, 5.41) is 5.29. The highest BCUT2D eigenvalue weighted by Crippen LogP contribution is 2.37. The van der Waals surface area contributed by atoms with Gasteiger partial charge in [0.15, 0.2) is 0 Å². The van der Waals surface area contributed by atoms with Crippen LogP contribution in [0.5, 0.6) is 0 Å². The molecule has 1 saturated heterocycles. The second kappa shape index (κ2) is 4.91. The van der Waals surface area contributed by atoms with Crippen LogP contribution in [-0.2, 0) is 9.31 Å². The number of benzene rings is 1. The summed E-state index contributed by atoms with van der Waals surface area (Å²) >= 11 is 3.46. The van der Waals surface area contributed by atoms with E-state index < -0.39 is 18.3 Å². The van der Waals surface area contributed by atoms with Crippen LogP contribution in [-0.4, -0.2) is 34.0 Å². The van der Waals surface area contributed by atoms with E-state index >= 15 is 0 Å². The molecule has 0 atom stereocenters. The summed E-state index contributed by atoms with van der Waals surface area (Å²) in [6.07, 6.45) is 0. The second-order valence-electron chi connectivity index (χ2n) is 6.57. The van der Waals surface area contributed by atoms with E-state index in [1.54, 1.807) is 0 Å². The molecule has 1 aliphatic heterocycles. The van der Waals surface area contributed by atoms with Crippen molar-refractivity contribution in [2.45, 2.75) is 45.8 Å². The van der Waals surface area contributed by atoms with Crippen LogP contribution in [0.2, 0.25) is 0 Å². The standard InChI is InChI=1S/C15H18BBrN2O3/c1-9(20)19-12-7-6-10(17)8-11(12)13(18-19)16-21-14(2,3)15(4,5)22-16/h6-8H,1-5H3. The van der Waals surface area contributed by atoms with Gasteiger partial charge in [-0.3, -0.25) is 4.79 Å². The molecule has 2 heterocycles. The van der Waals surface area contributed by atoms with E-state index in [4.69, 9.17) is 9.31 Å². The minimum atomic E-state index is -0.595. The largest absolute Gasteiger partial charge is 0.517 e. The summed E-state index contributed by atoms with van der Waals surface area (Å²) in [5.41, 5.74) is 0.483. The predicted octanol–water partition coefficient (Wildman–Crippen LogP) is 2.76. The molecule has 7 heteroatoms. The van der Waals surface area contributed by atoms with Crippen LogP contribution in [0.4, 0.5) is 0 Å². The normalized spacial score (nSPS) is 19.8. The van der Waals surface area contributed by atoms with Crippen molar-refractivity contribution in [2.24, 2.45) is 0 Å². The maximum absolute atomic E-state index is 11.8. The van der Waals surface area contributed by atoms with E-state index in [-0.39, 0.29) is 5.91 Å². The zero-order valence-corrected chi connectivity index (χ0v) is 14.9. The lowest BCUT2D eigenvalue weighted by Crippen LogP contribution is -2.41.